The van der Waals surface area contributed by atoms with Gasteiger partial charge in [0, 0.05) is 17.5 Å². The highest BCUT2D eigenvalue weighted by atomic mass is 16.5. The number of rotatable bonds is 4. The molecule has 1 aromatic carbocycles. The van der Waals surface area contributed by atoms with E-state index in [1.165, 1.54) is 17.5 Å². The second-order valence-corrected chi connectivity index (χ2v) is 7.31. The van der Waals surface area contributed by atoms with Gasteiger partial charge in [0.05, 0.1) is 38.0 Å². The number of benzene rings is 1. The Balaban J connectivity index is 1.55. The first-order chi connectivity index (χ1) is 12.1. The number of aliphatic hydroxyl groups excluding tert-OH is 1. The zero-order valence-corrected chi connectivity index (χ0v) is 14.7. The van der Waals surface area contributed by atoms with Crippen LogP contribution in [0.4, 0.5) is 0 Å². The molecule has 0 saturated carbocycles. The van der Waals surface area contributed by atoms with E-state index >= 15 is 0 Å². The third-order valence-electron chi connectivity index (χ3n) is 5.37. The Hall–Kier alpha value is -1.85. The van der Waals surface area contributed by atoms with Crippen molar-refractivity contribution in [2.45, 2.75) is 51.2 Å². The molecule has 134 valence electrons. The number of nitrogens with zero attached hydrogens (tertiary/aromatic N) is 1. The summed E-state index contributed by atoms with van der Waals surface area (Å²) < 4.78 is 11.2. The minimum Gasteiger partial charge on any atom is -0.464 e. The summed E-state index contributed by atoms with van der Waals surface area (Å²) >= 11 is 0. The number of hydrogen-bond acceptors (Lipinski definition) is 4. The maximum Gasteiger partial charge on any atom is 0.227 e. The van der Waals surface area contributed by atoms with Crippen LogP contribution >= 0.6 is 0 Å². The zero-order chi connectivity index (χ0) is 17.4. The van der Waals surface area contributed by atoms with Crippen LogP contribution < -0.4 is 0 Å². The SMILES string of the molecule is CC(O)CC1COCCN1C(=O)Cc1coc2cc3c(cc12)CCC3. The van der Waals surface area contributed by atoms with Crippen LogP contribution in [0.25, 0.3) is 11.0 Å². The van der Waals surface area contributed by atoms with Crippen LogP contribution in [0.15, 0.2) is 22.8 Å². The molecule has 0 spiro atoms. The standard InChI is InChI=1S/C20H25NO4/c1-13(22)7-17-12-24-6-5-21(17)20(23)10-16-11-25-19-9-15-4-2-3-14(15)8-18(16)19/h8-9,11,13,17,22H,2-7,10,12H2,1H3. The van der Waals surface area contributed by atoms with Crippen LogP contribution in [-0.4, -0.2) is 47.8 Å². The van der Waals surface area contributed by atoms with E-state index in [4.69, 9.17) is 9.15 Å². The molecule has 2 aromatic rings. The molecule has 1 saturated heterocycles. The third kappa shape index (κ3) is 3.31. The molecule has 1 aliphatic heterocycles. The van der Waals surface area contributed by atoms with Gasteiger partial charge in [0.15, 0.2) is 0 Å². The number of aliphatic hydroxyl groups is 1. The van der Waals surface area contributed by atoms with Gasteiger partial charge < -0.3 is 19.2 Å². The summed E-state index contributed by atoms with van der Waals surface area (Å²) in [5, 5.41) is 10.7. The number of amides is 1. The van der Waals surface area contributed by atoms with Gasteiger partial charge in [-0.25, -0.2) is 0 Å². The quantitative estimate of drug-likeness (QED) is 0.926. The number of hydrogen-bond donors (Lipinski definition) is 1. The number of carbonyl (C=O) groups excluding carboxylic acids is 1. The second kappa shape index (κ2) is 6.81. The van der Waals surface area contributed by atoms with Crippen LogP contribution in [0.3, 0.4) is 0 Å². The molecule has 1 N–H and O–H groups in total. The molecule has 0 radical (unpaired) electrons. The average Bonchev–Trinajstić information content (AvgIpc) is 3.19. The number of carbonyl (C=O) groups is 1. The van der Waals surface area contributed by atoms with Crippen LogP contribution in [0.1, 0.15) is 36.5 Å². The summed E-state index contributed by atoms with van der Waals surface area (Å²) in [5.74, 6) is 0.0807. The molecule has 1 fully saturated rings. The van der Waals surface area contributed by atoms with Gasteiger partial charge in [-0.15, -0.1) is 0 Å². The van der Waals surface area contributed by atoms with Gasteiger partial charge in [-0.1, -0.05) is 0 Å². The van der Waals surface area contributed by atoms with E-state index in [1.54, 1.807) is 13.2 Å². The predicted molar refractivity (Wildman–Crippen MR) is 94.6 cm³/mol. The first kappa shape index (κ1) is 16.6. The van der Waals surface area contributed by atoms with Crippen molar-refractivity contribution < 1.29 is 19.1 Å². The van der Waals surface area contributed by atoms with Crippen molar-refractivity contribution in [3.8, 4) is 0 Å². The Morgan fingerprint density at radius 1 is 1.36 bits per heavy atom. The van der Waals surface area contributed by atoms with Crippen LogP contribution in [0, 0.1) is 0 Å². The third-order valence-corrected chi connectivity index (χ3v) is 5.37. The molecule has 1 aliphatic carbocycles. The fourth-order valence-electron chi connectivity index (χ4n) is 4.12. The molecular formula is C20H25NO4. The van der Waals surface area contributed by atoms with Crippen molar-refractivity contribution in [2.75, 3.05) is 19.8 Å². The Morgan fingerprint density at radius 2 is 2.16 bits per heavy atom. The Bertz CT molecular complexity index is 779. The minimum absolute atomic E-state index is 0.0522. The summed E-state index contributed by atoms with van der Waals surface area (Å²) in [4.78, 5) is 14.7. The molecule has 4 rings (SSSR count). The molecule has 1 amide bonds. The number of fused-ring (bicyclic) bond motifs is 2. The van der Waals surface area contributed by atoms with E-state index in [2.05, 4.69) is 12.1 Å². The first-order valence-corrected chi connectivity index (χ1v) is 9.19. The van der Waals surface area contributed by atoms with Crippen molar-refractivity contribution >= 4 is 16.9 Å². The predicted octanol–water partition coefficient (Wildman–Crippen LogP) is 2.46. The van der Waals surface area contributed by atoms with E-state index in [0.717, 1.165) is 29.4 Å². The Morgan fingerprint density at radius 3 is 2.96 bits per heavy atom. The number of ether oxygens (including phenoxy) is 1. The molecule has 1 aromatic heterocycles. The molecule has 5 heteroatoms. The lowest BCUT2D eigenvalue weighted by Crippen LogP contribution is -2.50. The summed E-state index contributed by atoms with van der Waals surface area (Å²) in [5.41, 5.74) is 4.61. The average molecular weight is 343 g/mol. The van der Waals surface area contributed by atoms with Crippen molar-refractivity contribution in [1.29, 1.82) is 0 Å². The molecule has 25 heavy (non-hydrogen) atoms. The maximum atomic E-state index is 12.9. The molecular weight excluding hydrogens is 318 g/mol. The van der Waals surface area contributed by atoms with E-state index < -0.39 is 6.10 Å². The molecule has 2 atom stereocenters. The summed E-state index contributed by atoms with van der Waals surface area (Å²) in [6.45, 7) is 3.39. The van der Waals surface area contributed by atoms with Crippen molar-refractivity contribution in [3.63, 3.8) is 0 Å². The van der Waals surface area contributed by atoms with E-state index in [1.807, 2.05) is 4.90 Å². The highest BCUT2D eigenvalue weighted by molar-refractivity contribution is 5.88. The second-order valence-electron chi connectivity index (χ2n) is 7.31. The van der Waals surface area contributed by atoms with Gasteiger partial charge in [0.1, 0.15) is 5.58 Å². The highest BCUT2D eigenvalue weighted by Gasteiger charge is 2.29. The fraction of sp³-hybridized carbons (Fsp3) is 0.550. The summed E-state index contributed by atoms with van der Waals surface area (Å²) in [6.07, 6.45) is 5.60. The van der Waals surface area contributed by atoms with E-state index in [0.29, 0.717) is 32.6 Å². The fourth-order valence-corrected chi connectivity index (χ4v) is 4.12. The smallest absolute Gasteiger partial charge is 0.227 e. The number of furan rings is 1. The zero-order valence-electron chi connectivity index (χ0n) is 14.7. The van der Waals surface area contributed by atoms with Crippen molar-refractivity contribution in [1.82, 2.24) is 4.90 Å². The van der Waals surface area contributed by atoms with Gasteiger partial charge in [-0.05, 0) is 55.9 Å². The summed E-state index contributed by atoms with van der Waals surface area (Å²) in [7, 11) is 0. The highest BCUT2D eigenvalue weighted by Crippen LogP contribution is 2.31. The van der Waals surface area contributed by atoms with Gasteiger partial charge in [-0.2, -0.15) is 0 Å². The van der Waals surface area contributed by atoms with Gasteiger partial charge in [0.25, 0.3) is 0 Å². The van der Waals surface area contributed by atoms with Gasteiger partial charge in [-0.3, -0.25) is 4.79 Å². The largest absolute Gasteiger partial charge is 0.464 e. The molecule has 2 unspecified atom stereocenters. The lowest BCUT2D eigenvalue weighted by atomic mass is 10.0. The van der Waals surface area contributed by atoms with Crippen LogP contribution in [0.2, 0.25) is 0 Å². The maximum absolute atomic E-state index is 12.9. The first-order valence-electron chi connectivity index (χ1n) is 9.19. The van der Waals surface area contributed by atoms with E-state index in [9.17, 15) is 9.90 Å². The van der Waals surface area contributed by atoms with Gasteiger partial charge >= 0.3 is 0 Å². The normalized spacial score (nSPS) is 21.5. The Labute approximate surface area is 147 Å². The molecule has 2 aliphatic rings. The lowest BCUT2D eigenvalue weighted by molar-refractivity contribution is -0.140. The minimum atomic E-state index is -0.445. The molecule has 5 nitrogen and oxygen atoms in total. The number of aryl methyl sites for hydroxylation is 2. The van der Waals surface area contributed by atoms with Gasteiger partial charge in [0.2, 0.25) is 5.91 Å². The number of morpholine rings is 1. The van der Waals surface area contributed by atoms with E-state index in [-0.39, 0.29) is 11.9 Å². The van der Waals surface area contributed by atoms with Crippen molar-refractivity contribution in [3.05, 3.63) is 35.1 Å². The monoisotopic (exact) mass is 343 g/mol. The lowest BCUT2D eigenvalue weighted by Gasteiger charge is -2.36. The van der Waals surface area contributed by atoms with Crippen LogP contribution in [0.5, 0.6) is 0 Å². The van der Waals surface area contributed by atoms with Crippen molar-refractivity contribution in [2.24, 2.45) is 0 Å². The summed E-state index contributed by atoms with van der Waals surface area (Å²) in [6, 6.07) is 4.29. The topological polar surface area (TPSA) is 62.9 Å². The molecule has 2 heterocycles. The van der Waals surface area contributed by atoms with Crippen LogP contribution in [-0.2, 0) is 28.8 Å². The molecule has 0 bridgehead atoms. The Kier molecular flexibility index (Phi) is 4.52.